The Labute approximate surface area is 94.4 Å². The van der Waals surface area contributed by atoms with E-state index < -0.39 is 0 Å². The SMILES string of the molecule is CN(C)C(=O)c1cc(OC2CNC2)ccn1. The average Bonchev–Trinajstić information content (AvgIpc) is 2.23. The number of aromatic nitrogens is 1. The lowest BCUT2D eigenvalue weighted by Gasteiger charge is -2.27. The van der Waals surface area contributed by atoms with Crippen molar-refractivity contribution < 1.29 is 9.53 Å². The second-order valence-electron chi connectivity index (χ2n) is 3.97. The molecule has 0 unspecified atom stereocenters. The van der Waals surface area contributed by atoms with Crippen LogP contribution in [0.2, 0.25) is 0 Å². The molecular formula is C11H15N3O2. The molecule has 1 aromatic rings. The predicted molar refractivity (Wildman–Crippen MR) is 59.5 cm³/mol. The Morgan fingerprint density at radius 1 is 1.56 bits per heavy atom. The lowest BCUT2D eigenvalue weighted by atomic mass is 10.2. The highest BCUT2D eigenvalue weighted by atomic mass is 16.5. The number of rotatable bonds is 3. The molecule has 0 bridgehead atoms. The highest BCUT2D eigenvalue weighted by molar-refractivity contribution is 5.92. The number of hydrogen-bond donors (Lipinski definition) is 1. The fraction of sp³-hybridized carbons (Fsp3) is 0.455. The third-order valence-electron chi connectivity index (χ3n) is 2.40. The molecule has 1 aromatic heterocycles. The molecule has 2 rings (SSSR count). The molecule has 0 aromatic carbocycles. The fourth-order valence-electron chi connectivity index (χ4n) is 1.37. The van der Waals surface area contributed by atoms with Gasteiger partial charge in [-0.3, -0.25) is 9.78 Å². The summed E-state index contributed by atoms with van der Waals surface area (Å²) in [4.78, 5) is 17.2. The summed E-state index contributed by atoms with van der Waals surface area (Å²) in [6, 6.07) is 3.45. The summed E-state index contributed by atoms with van der Waals surface area (Å²) in [7, 11) is 3.40. The quantitative estimate of drug-likeness (QED) is 0.788. The molecule has 0 atom stereocenters. The highest BCUT2D eigenvalue weighted by Crippen LogP contribution is 2.15. The Balaban J connectivity index is 2.09. The van der Waals surface area contributed by atoms with Crippen LogP contribution in [0.1, 0.15) is 10.5 Å². The normalized spacial score (nSPS) is 15.4. The highest BCUT2D eigenvalue weighted by Gasteiger charge is 2.19. The van der Waals surface area contributed by atoms with Crippen molar-refractivity contribution in [2.45, 2.75) is 6.10 Å². The first kappa shape index (κ1) is 10.9. The zero-order valence-corrected chi connectivity index (χ0v) is 9.43. The van der Waals surface area contributed by atoms with Gasteiger partial charge in [0.15, 0.2) is 0 Å². The minimum atomic E-state index is -0.114. The molecule has 0 saturated carbocycles. The first-order chi connectivity index (χ1) is 7.66. The number of carbonyl (C=O) groups excluding carboxylic acids is 1. The van der Waals surface area contributed by atoms with E-state index in [0.717, 1.165) is 13.1 Å². The van der Waals surface area contributed by atoms with E-state index in [2.05, 4.69) is 10.3 Å². The maximum Gasteiger partial charge on any atom is 0.272 e. The predicted octanol–water partition coefficient (Wildman–Crippen LogP) is 0.134. The number of ether oxygens (including phenoxy) is 1. The Kier molecular flexibility index (Phi) is 3.05. The van der Waals surface area contributed by atoms with E-state index in [1.165, 1.54) is 4.90 Å². The zero-order chi connectivity index (χ0) is 11.5. The molecule has 1 N–H and O–H groups in total. The zero-order valence-electron chi connectivity index (χ0n) is 9.43. The van der Waals surface area contributed by atoms with Crippen LogP contribution in [0.3, 0.4) is 0 Å². The minimum absolute atomic E-state index is 0.114. The van der Waals surface area contributed by atoms with Crippen LogP contribution in [0.25, 0.3) is 0 Å². The van der Waals surface area contributed by atoms with E-state index in [1.54, 1.807) is 32.4 Å². The monoisotopic (exact) mass is 221 g/mol. The van der Waals surface area contributed by atoms with E-state index in [9.17, 15) is 4.79 Å². The molecular weight excluding hydrogens is 206 g/mol. The Morgan fingerprint density at radius 3 is 2.88 bits per heavy atom. The molecule has 5 heteroatoms. The van der Waals surface area contributed by atoms with Crippen molar-refractivity contribution in [3.8, 4) is 5.75 Å². The second kappa shape index (κ2) is 4.49. The molecule has 1 aliphatic rings. The van der Waals surface area contributed by atoms with Gasteiger partial charge >= 0.3 is 0 Å². The van der Waals surface area contributed by atoms with Crippen LogP contribution in [-0.4, -0.2) is 49.1 Å². The van der Waals surface area contributed by atoms with Gasteiger partial charge in [0.05, 0.1) is 0 Å². The van der Waals surface area contributed by atoms with Gasteiger partial charge < -0.3 is 15.0 Å². The van der Waals surface area contributed by atoms with Crippen LogP contribution in [0, 0.1) is 0 Å². The molecule has 0 spiro atoms. The molecule has 16 heavy (non-hydrogen) atoms. The van der Waals surface area contributed by atoms with Gasteiger partial charge in [0.1, 0.15) is 17.5 Å². The van der Waals surface area contributed by atoms with Crippen LogP contribution >= 0.6 is 0 Å². The van der Waals surface area contributed by atoms with Crippen molar-refractivity contribution in [1.82, 2.24) is 15.2 Å². The van der Waals surface area contributed by atoms with Gasteiger partial charge in [0.25, 0.3) is 5.91 Å². The molecule has 1 fully saturated rings. The molecule has 1 amide bonds. The number of pyridine rings is 1. The van der Waals surface area contributed by atoms with Crippen molar-refractivity contribution in [1.29, 1.82) is 0 Å². The van der Waals surface area contributed by atoms with E-state index in [-0.39, 0.29) is 12.0 Å². The van der Waals surface area contributed by atoms with Gasteiger partial charge in [0.2, 0.25) is 0 Å². The van der Waals surface area contributed by atoms with Crippen molar-refractivity contribution in [2.75, 3.05) is 27.2 Å². The summed E-state index contributed by atoms with van der Waals surface area (Å²) in [5.41, 5.74) is 0.412. The molecule has 86 valence electrons. The summed E-state index contributed by atoms with van der Waals surface area (Å²) < 4.78 is 5.65. The second-order valence-corrected chi connectivity index (χ2v) is 3.97. The lowest BCUT2D eigenvalue weighted by Crippen LogP contribution is -2.50. The van der Waals surface area contributed by atoms with Crippen LogP contribution in [0.15, 0.2) is 18.3 Å². The maximum absolute atomic E-state index is 11.7. The maximum atomic E-state index is 11.7. The van der Waals surface area contributed by atoms with Gasteiger partial charge in [0, 0.05) is 39.4 Å². The summed E-state index contributed by atoms with van der Waals surface area (Å²) in [6.45, 7) is 1.72. The fourth-order valence-corrected chi connectivity index (χ4v) is 1.37. The standard InChI is InChI=1S/C11H15N3O2/c1-14(2)11(15)10-5-8(3-4-13-10)16-9-6-12-7-9/h3-5,9,12H,6-7H2,1-2H3. The first-order valence-corrected chi connectivity index (χ1v) is 5.22. The minimum Gasteiger partial charge on any atom is -0.488 e. The molecule has 5 nitrogen and oxygen atoms in total. The van der Waals surface area contributed by atoms with Crippen molar-refractivity contribution >= 4 is 5.91 Å². The third-order valence-corrected chi connectivity index (χ3v) is 2.40. The van der Waals surface area contributed by atoms with E-state index >= 15 is 0 Å². The largest absolute Gasteiger partial charge is 0.488 e. The van der Waals surface area contributed by atoms with Crippen LogP contribution < -0.4 is 10.1 Å². The van der Waals surface area contributed by atoms with E-state index in [4.69, 9.17) is 4.74 Å². The smallest absolute Gasteiger partial charge is 0.272 e. The molecule has 0 aliphatic carbocycles. The third kappa shape index (κ3) is 2.30. The number of carbonyl (C=O) groups is 1. The van der Waals surface area contributed by atoms with E-state index in [0.29, 0.717) is 11.4 Å². The van der Waals surface area contributed by atoms with Gasteiger partial charge in [-0.1, -0.05) is 0 Å². The number of nitrogens with one attached hydrogen (secondary N) is 1. The summed E-state index contributed by atoms with van der Waals surface area (Å²) in [5, 5.41) is 3.12. The molecule has 1 saturated heterocycles. The van der Waals surface area contributed by atoms with Gasteiger partial charge in [-0.25, -0.2) is 0 Å². The Morgan fingerprint density at radius 2 is 2.31 bits per heavy atom. The topological polar surface area (TPSA) is 54.5 Å². The van der Waals surface area contributed by atoms with Crippen molar-refractivity contribution in [2.24, 2.45) is 0 Å². The number of nitrogens with zero attached hydrogens (tertiary/aromatic N) is 2. The van der Waals surface area contributed by atoms with Crippen molar-refractivity contribution in [3.05, 3.63) is 24.0 Å². The molecule has 1 aliphatic heterocycles. The Bertz CT molecular complexity index is 389. The Hall–Kier alpha value is -1.62. The van der Waals surface area contributed by atoms with Crippen LogP contribution in [-0.2, 0) is 0 Å². The summed E-state index contributed by atoms with van der Waals surface area (Å²) in [6.07, 6.45) is 1.81. The van der Waals surface area contributed by atoms with Gasteiger partial charge in [-0.05, 0) is 6.07 Å². The molecule has 0 radical (unpaired) electrons. The average molecular weight is 221 g/mol. The lowest BCUT2D eigenvalue weighted by molar-refractivity contribution is 0.0820. The summed E-state index contributed by atoms with van der Waals surface area (Å²) >= 11 is 0. The number of amides is 1. The van der Waals surface area contributed by atoms with Crippen molar-refractivity contribution in [3.63, 3.8) is 0 Å². The summed E-state index contributed by atoms with van der Waals surface area (Å²) in [5.74, 6) is 0.587. The number of hydrogen-bond acceptors (Lipinski definition) is 4. The van der Waals surface area contributed by atoms with Crippen LogP contribution in [0.4, 0.5) is 0 Å². The molecule has 2 heterocycles. The van der Waals surface area contributed by atoms with Crippen LogP contribution in [0.5, 0.6) is 5.75 Å². The van der Waals surface area contributed by atoms with Gasteiger partial charge in [-0.2, -0.15) is 0 Å². The van der Waals surface area contributed by atoms with E-state index in [1.807, 2.05) is 0 Å². The first-order valence-electron chi connectivity index (χ1n) is 5.22. The van der Waals surface area contributed by atoms with Gasteiger partial charge in [-0.15, -0.1) is 0 Å².